The van der Waals surface area contributed by atoms with Gasteiger partial charge >= 0.3 is 0 Å². The smallest absolute Gasteiger partial charge is 0.168 e. The van der Waals surface area contributed by atoms with E-state index < -0.39 is 11.6 Å². The fourth-order valence-corrected chi connectivity index (χ4v) is 3.67. The van der Waals surface area contributed by atoms with Gasteiger partial charge in [0.2, 0.25) is 0 Å². The molecule has 1 aliphatic heterocycles. The molecule has 1 aromatic rings. The maximum absolute atomic E-state index is 13.9. The third-order valence-electron chi connectivity index (χ3n) is 4.94. The first-order valence-electron chi connectivity index (χ1n) is 7.42. The summed E-state index contributed by atoms with van der Waals surface area (Å²) in [6.07, 6.45) is 7.46. The van der Waals surface area contributed by atoms with E-state index in [0.717, 1.165) is 32.0 Å². The molecule has 3 rings (SSSR count). The van der Waals surface area contributed by atoms with Gasteiger partial charge in [-0.1, -0.05) is 12.8 Å². The molecule has 0 amide bonds. The Labute approximate surface area is 118 Å². The van der Waals surface area contributed by atoms with Crippen molar-refractivity contribution in [3.63, 3.8) is 0 Å². The van der Waals surface area contributed by atoms with Gasteiger partial charge in [-0.25, -0.2) is 13.8 Å². The Morgan fingerprint density at radius 3 is 2.35 bits per heavy atom. The molecule has 0 atom stereocenters. The van der Waals surface area contributed by atoms with Crippen molar-refractivity contribution in [2.24, 2.45) is 5.41 Å². The minimum atomic E-state index is -0.641. The van der Waals surface area contributed by atoms with Crippen molar-refractivity contribution < 1.29 is 8.78 Å². The lowest BCUT2D eigenvalue weighted by molar-refractivity contribution is 0.225. The monoisotopic (exact) mass is 281 g/mol. The summed E-state index contributed by atoms with van der Waals surface area (Å²) >= 11 is 0. The number of pyridine rings is 1. The van der Waals surface area contributed by atoms with E-state index in [9.17, 15) is 8.78 Å². The van der Waals surface area contributed by atoms with E-state index in [1.165, 1.54) is 25.7 Å². The molecule has 0 aromatic carbocycles. The molecule has 20 heavy (non-hydrogen) atoms. The summed E-state index contributed by atoms with van der Waals surface area (Å²) in [5.74, 6) is -0.812. The predicted octanol–water partition coefficient (Wildman–Crippen LogP) is 3.56. The van der Waals surface area contributed by atoms with Gasteiger partial charge in [0.05, 0.1) is 0 Å². The Balaban J connectivity index is 1.77. The van der Waals surface area contributed by atoms with Crippen LogP contribution >= 0.6 is 0 Å². The summed E-state index contributed by atoms with van der Waals surface area (Å²) in [5.41, 5.74) is 0.485. The van der Waals surface area contributed by atoms with E-state index >= 15 is 0 Å². The summed E-state index contributed by atoms with van der Waals surface area (Å²) < 4.78 is 27.4. The number of aromatic nitrogens is 1. The summed E-state index contributed by atoms with van der Waals surface area (Å²) in [7, 11) is 1.59. The van der Waals surface area contributed by atoms with Crippen LogP contribution in [0.4, 0.5) is 20.4 Å². The zero-order valence-electron chi connectivity index (χ0n) is 11.9. The van der Waals surface area contributed by atoms with Gasteiger partial charge in [-0.2, -0.15) is 0 Å². The third-order valence-corrected chi connectivity index (χ3v) is 4.94. The first kappa shape index (κ1) is 13.6. The van der Waals surface area contributed by atoms with Gasteiger partial charge in [-0.3, -0.25) is 0 Å². The van der Waals surface area contributed by atoms with E-state index in [1.807, 2.05) is 4.90 Å². The van der Waals surface area contributed by atoms with E-state index in [2.05, 4.69) is 10.3 Å². The molecular weight excluding hydrogens is 260 g/mol. The summed E-state index contributed by atoms with van der Waals surface area (Å²) in [6.45, 7) is 1.64. The van der Waals surface area contributed by atoms with Gasteiger partial charge in [-0.15, -0.1) is 0 Å². The minimum Gasteiger partial charge on any atom is -0.371 e. The Hall–Kier alpha value is -1.39. The average molecular weight is 281 g/mol. The van der Waals surface area contributed by atoms with Crippen LogP contribution in [-0.4, -0.2) is 25.1 Å². The van der Waals surface area contributed by atoms with E-state index in [1.54, 1.807) is 7.05 Å². The van der Waals surface area contributed by atoms with Gasteiger partial charge in [0.15, 0.2) is 23.3 Å². The first-order valence-corrected chi connectivity index (χ1v) is 7.42. The van der Waals surface area contributed by atoms with Gasteiger partial charge in [0.1, 0.15) is 0 Å². The van der Waals surface area contributed by atoms with Crippen LogP contribution in [0.25, 0.3) is 0 Å². The highest BCUT2D eigenvalue weighted by Gasteiger charge is 2.37. The Kier molecular flexibility index (Phi) is 3.52. The predicted molar refractivity (Wildman–Crippen MR) is 76.0 cm³/mol. The van der Waals surface area contributed by atoms with E-state index in [0.29, 0.717) is 5.41 Å². The Morgan fingerprint density at radius 1 is 1.10 bits per heavy atom. The second kappa shape index (κ2) is 5.19. The molecule has 1 saturated heterocycles. The summed E-state index contributed by atoms with van der Waals surface area (Å²) in [5, 5.41) is 2.67. The van der Waals surface area contributed by atoms with Crippen molar-refractivity contribution in [1.82, 2.24) is 4.98 Å². The molecule has 5 heteroatoms. The van der Waals surface area contributed by atoms with Gasteiger partial charge in [-0.05, 0) is 31.1 Å². The average Bonchev–Trinajstić information content (AvgIpc) is 2.89. The van der Waals surface area contributed by atoms with Crippen molar-refractivity contribution >= 4 is 11.6 Å². The number of nitrogens with zero attached hydrogens (tertiary/aromatic N) is 2. The summed E-state index contributed by atoms with van der Waals surface area (Å²) in [6, 6.07) is 0.925. The van der Waals surface area contributed by atoms with Crippen molar-refractivity contribution in [1.29, 1.82) is 0 Å². The first-order chi connectivity index (χ1) is 9.63. The number of hydrogen-bond donors (Lipinski definition) is 1. The lowest BCUT2D eigenvalue weighted by Gasteiger charge is -2.40. The normalized spacial score (nSPS) is 21.4. The number of rotatable bonds is 2. The molecule has 1 aliphatic carbocycles. The number of nitrogens with one attached hydrogen (secondary N) is 1. The standard InChI is InChI=1S/C15H21F2N3/c1-18-13-11(16)10-12(17)14(19-13)20-8-6-15(7-9-20)4-2-3-5-15/h10H,2-9H2,1H3,(H,18,19). The number of hydrogen-bond acceptors (Lipinski definition) is 3. The van der Waals surface area contributed by atoms with Crippen molar-refractivity contribution in [3.05, 3.63) is 17.7 Å². The molecule has 1 aromatic heterocycles. The molecule has 2 aliphatic rings. The molecule has 2 fully saturated rings. The largest absolute Gasteiger partial charge is 0.371 e. The van der Waals surface area contributed by atoms with Crippen molar-refractivity contribution in [2.45, 2.75) is 38.5 Å². The highest BCUT2D eigenvalue weighted by atomic mass is 19.1. The number of anilines is 2. The fraction of sp³-hybridized carbons (Fsp3) is 0.667. The van der Waals surface area contributed by atoms with Crippen molar-refractivity contribution in [3.8, 4) is 0 Å². The van der Waals surface area contributed by atoms with E-state index in [4.69, 9.17) is 0 Å². The second-order valence-corrected chi connectivity index (χ2v) is 6.07. The third kappa shape index (κ3) is 2.34. The molecule has 0 radical (unpaired) electrons. The van der Waals surface area contributed by atoms with Crippen LogP contribution in [0.2, 0.25) is 0 Å². The molecular formula is C15H21F2N3. The zero-order chi connectivity index (χ0) is 14.2. The van der Waals surface area contributed by atoms with Crippen molar-refractivity contribution in [2.75, 3.05) is 30.4 Å². The number of piperidine rings is 1. The molecule has 0 unspecified atom stereocenters. The molecule has 1 spiro atoms. The van der Waals surface area contributed by atoms with Gasteiger partial charge in [0.25, 0.3) is 0 Å². The zero-order valence-corrected chi connectivity index (χ0v) is 11.9. The van der Waals surface area contributed by atoms with Gasteiger partial charge < -0.3 is 10.2 Å². The van der Waals surface area contributed by atoms with Crippen LogP contribution in [0.1, 0.15) is 38.5 Å². The Bertz CT molecular complexity index is 488. The minimum absolute atomic E-state index is 0.113. The molecule has 0 bridgehead atoms. The SMILES string of the molecule is CNc1nc(N2CCC3(CCCC3)CC2)c(F)cc1F. The molecule has 3 nitrogen and oxygen atoms in total. The molecule has 1 N–H and O–H groups in total. The maximum Gasteiger partial charge on any atom is 0.168 e. The van der Waals surface area contributed by atoms with Crippen LogP contribution in [0.15, 0.2) is 6.07 Å². The van der Waals surface area contributed by atoms with Crippen LogP contribution in [0, 0.1) is 17.0 Å². The lowest BCUT2D eigenvalue weighted by atomic mass is 9.77. The van der Waals surface area contributed by atoms with Gasteiger partial charge in [0, 0.05) is 26.2 Å². The van der Waals surface area contributed by atoms with Crippen LogP contribution in [0.3, 0.4) is 0 Å². The second-order valence-electron chi connectivity index (χ2n) is 6.07. The maximum atomic E-state index is 13.9. The molecule has 1 saturated carbocycles. The van der Waals surface area contributed by atoms with E-state index in [-0.39, 0.29) is 11.6 Å². The lowest BCUT2D eigenvalue weighted by Crippen LogP contribution is -2.39. The molecule has 2 heterocycles. The summed E-state index contributed by atoms with van der Waals surface area (Å²) in [4.78, 5) is 6.05. The fourth-order valence-electron chi connectivity index (χ4n) is 3.67. The quantitative estimate of drug-likeness (QED) is 0.898. The highest BCUT2D eigenvalue weighted by Crippen LogP contribution is 2.46. The van der Waals surface area contributed by atoms with Crippen LogP contribution < -0.4 is 10.2 Å². The highest BCUT2D eigenvalue weighted by molar-refractivity contribution is 5.49. The van der Waals surface area contributed by atoms with Crippen LogP contribution in [0.5, 0.6) is 0 Å². The van der Waals surface area contributed by atoms with Crippen LogP contribution in [-0.2, 0) is 0 Å². The number of halogens is 2. The Morgan fingerprint density at radius 2 is 1.75 bits per heavy atom. The molecule has 110 valence electrons. The topological polar surface area (TPSA) is 28.2 Å².